The van der Waals surface area contributed by atoms with Crippen molar-refractivity contribution < 1.29 is 19.4 Å². The van der Waals surface area contributed by atoms with Gasteiger partial charge in [-0.1, -0.05) is 64.0 Å². The van der Waals surface area contributed by atoms with E-state index in [-0.39, 0.29) is 18.2 Å². The predicted molar refractivity (Wildman–Crippen MR) is 92.3 cm³/mol. The Hall–Kier alpha value is -0.870. The molecule has 1 saturated heterocycles. The molecule has 1 aliphatic rings. The summed E-state index contributed by atoms with van der Waals surface area (Å²) in [6.07, 6.45) is 15.7. The highest BCUT2D eigenvalue weighted by atomic mass is 16.6. The van der Waals surface area contributed by atoms with E-state index in [1.54, 1.807) is 0 Å². The molecule has 1 rings (SSSR count). The number of hydrogen-bond donors (Lipinski definition) is 1. The van der Waals surface area contributed by atoms with Crippen LogP contribution in [0.3, 0.4) is 0 Å². The van der Waals surface area contributed by atoms with Gasteiger partial charge in [0.1, 0.15) is 6.10 Å². The van der Waals surface area contributed by atoms with E-state index in [0.717, 1.165) is 32.1 Å². The van der Waals surface area contributed by atoms with Crippen molar-refractivity contribution in [2.24, 2.45) is 0 Å². The van der Waals surface area contributed by atoms with Gasteiger partial charge in [0, 0.05) is 6.42 Å². The molecule has 0 spiro atoms. The van der Waals surface area contributed by atoms with E-state index < -0.39 is 0 Å². The minimum Gasteiger partial charge on any atom is -0.469 e. The number of aliphatic hydroxyl groups is 1. The van der Waals surface area contributed by atoms with Gasteiger partial charge >= 0.3 is 5.97 Å². The van der Waals surface area contributed by atoms with Crippen molar-refractivity contribution in [1.82, 2.24) is 0 Å². The lowest BCUT2D eigenvalue weighted by molar-refractivity contribution is -0.140. The van der Waals surface area contributed by atoms with Crippen LogP contribution in [0.5, 0.6) is 0 Å². The van der Waals surface area contributed by atoms with Crippen molar-refractivity contribution >= 4 is 5.97 Å². The summed E-state index contributed by atoms with van der Waals surface area (Å²) in [6, 6.07) is 0. The van der Waals surface area contributed by atoms with Crippen LogP contribution in [0.4, 0.5) is 0 Å². The van der Waals surface area contributed by atoms with Crippen molar-refractivity contribution in [1.29, 1.82) is 0 Å². The van der Waals surface area contributed by atoms with Gasteiger partial charge in [0.25, 0.3) is 0 Å². The van der Waals surface area contributed by atoms with E-state index in [1.165, 1.54) is 39.2 Å². The molecular weight excluding hydrogens is 292 g/mol. The molecular formula is C19H34O4. The largest absolute Gasteiger partial charge is 0.469 e. The molecule has 0 aromatic heterocycles. The molecule has 4 nitrogen and oxygen atoms in total. The van der Waals surface area contributed by atoms with Crippen LogP contribution in [0.15, 0.2) is 12.2 Å². The lowest BCUT2D eigenvalue weighted by Crippen LogP contribution is -2.02. The average Bonchev–Trinajstić information content (AvgIpc) is 3.30. The number of carbonyl (C=O) groups excluding carboxylic acids is 1. The maximum atomic E-state index is 11.0. The first-order chi connectivity index (χ1) is 11.2. The number of methoxy groups -OCH3 is 1. The molecule has 0 saturated carbocycles. The normalized spacial score (nSPS) is 21.5. The second-order valence-electron chi connectivity index (χ2n) is 6.47. The molecule has 1 aliphatic heterocycles. The molecule has 1 fully saturated rings. The molecule has 0 amide bonds. The summed E-state index contributed by atoms with van der Waals surface area (Å²) >= 11 is 0. The number of aliphatic hydroxyl groups excluding tert-OH is 1. The zero-order valence-electron chi connectivity index (χ0n) is 14.8. The summed E-state index contributed by atoms with van der Waals surface area (Å²) < 4.78 is 10.2. The van der Waals surface area contributed by atoms with Crippen LogP contribution >= 0.6 is 0 Å². The molecule has 0 bridgehead atoms. The highest BCUT2D eigenvalue weighted by molar-refractivity contribution is 5.68. The van der Waals surface area contributed by atoms with Gasteiger partial charge in [-0.25, -0.2) is 0 Å². The maximum absolute atomic E-state index is 11.0. The first kappa shape index (κ1) is 20.2. The van der Waals surface area contributed by atoms with Crippen LogP contribution in [0, 0.1) is 0 Å². The molecule has 23 heavy (non-hydrogen) atoms. The van der Waals surface area contributed by atoms with Crippen LogP contribution in [-0.4, -0.2) is 36.5 Å². The van der Waals surface area contributed by atoms with E-state index >= 15 is 0 Å². The first-order valence-corrected chi connectivity index (χ1v) is 9.26. The van der Waals surface area contributed by atoms with Gasteiger partial charge in [-0.3, -0.25) is 4.79 Å². The Morgan fingerprint density at radius 2 is 1.91 bits per heavy atom. The minimum atomic E-state index is -0.318. The van der Waals surface area contributed by atoms with Crippen molar-refractivity contribution in [3.63, 3.8) is 0 Å². The topological polar surface area (TPSA) is 59.1 Å². The molecule has 0 aromatic carbocycles. The lowest BCUT2D eigenvalue weighted by atomic mass is 10.1. The smallest absolute Gasteiger partial charge is 0.305 e. The van der Waals surface area contributed by atoms with Gasteiger partial charge in [-0.2, -0.15) is 0 Å². The van der Waals surface area contributed by atoms with Gasteiger partial charge in [0.15, 0.2) is 0 Å². The third kappa shape index (κ3) is 10.5. The maximum Gasteiger partial charge on any atom is 0.305 e. The highest BCUT2D eigenvalue weighted by Gasteiger charge is 2.35. The Morgan fingerprint density at radius 1 is 1.17 bits per heavy atom. The van der Waals surface area contributed by atoms with Gasteiger partial charge < -0.3 is 14.6 Å². The Morgan fingerprint density at radius 3 is 2.65 bits per heavy atom. The zero-order chi connectivity index (χ0) is 16.9. The predicted octanol–water partition coefficient (Wildman–Crippen LogP) is 4.15. The second-order valence-corrected chi connectivity index (χ2v) is 6.47. The number of unbranched alkanes of at least 4 members (excludes halogenated alkanes) is 6. The highest BCUT2D eigenvalue weighted by Crippen LogP contribution is 2.29. The number of carbonyl (C=O) groups is 1. The van der Waals surface area contributed by atoms with Gasteiger partial charge in [0.2, 0.25) is 0 Å². The summed E-state index contributed by atoms with van der Waals surface area (Å²) in [7, 11) is 1.44. The summed E-state index contributed by atoms with van der Waals surface area (Å²) in [6.45, 7) is 2.17. The molecule has 0 aliphatic carbocycles. The van der Waals surface area contributed by atoms with Crippen LogP contribution in [0.25, 0.3) is 0 Å². The van der Waals surface area contributed by atoms with Crippen LogP contribution in [-0.2, 0) is 14.3 Å². The zero-order valence-corrected chi connectivity index (χ0v) is 14.8. The molecule has 1 heterocycles. The minimum absolute atomic E-state index is 0.108. The van der Waals surface area contributed by atoms with Gasteiger partial charge in [-0.05, 0) is 19.3 Å². The lowest BCUT2D eigenvalue weighted by Gasteiger charge is -2.03. The fraction of sp³-hybridized carbons (Fsp3) is 0.842. The third-order valence-electron chi connectivity index (χ3n) is 4.35. The van der Waals surface area contributed by atoms with E-state index in [1.807, 2.05) is 12.2 Å². The average molecular weight is 326 g/mol. The first-order valence-electron chi connectivity index (χ1n) is 9.26. The van der Waals surface area contributed by atoms with Crippen molar-refractivity contribution in [2.75, 3.05) is 7.11 Å². The van der Waals surface area contributed by atoms with Gasteiger partial charge in [-0.15, -0.1) is 0 Å². The Labute approximate surface area is 141 Å². The number of hydrogen-bond acceptors (Lipinski definition) is 4. The fourth-order valence-corrected chi connectivity index (χ4v) is 2.74. The summed E-state index contributed by atoms with van der Waals surface area (Å²) in [5.41, 5.74) is 0. The third-order valence-corrected chi connectivity index (χ3v) is 4.35. The molecule has 0 radical (unpaired) electrons. The number of ether oxygens (including phenoxy) is 2. The quantitative estimate of drug-likeness (QED) is 0.225. The van der Waals surface area contributed by atoms with E-state index in [2.05, 4.69) is 11.7 Å². The van der Waals surface area contributed by atoms with Gasteiger partial charge in [0.05, 0.1) is 19.3 Å². The van der Waals surface area contributed by atoms with Crippen LogP contribution in [0.1, 0.15) is 77.6 Å². The van der Waals surface area contributed by atoms with E-state index in [9.17, 15) is 9.90 Å². The van der Waals surface area contributed by atoms with Crippen molar-refractivity contribution in [3.8, 4) is 0 Å². The standard InChI is InChI=1S/C19H34O4/c1-3-4-8-11-16(20)14-15-18-17(23-18)12-9-6-5-7-10-13-19(21)22-2/h14-18,20H,3-13H2,1-2H3/b15-14+/t16-,17+,18-/m0/s1. The van der Waals surface area contributed by atoms with Crippen LogP contribution in [0.2, 0.25) is 0 Å². The van der Waals surface area contributed by atoms with E-state index in [0.29, 0.717) is 12.5 Å². The molecule has 0 aromatic rings. The fourth-order valence-electron chi connectivity index (χ4n) is 2.74. The van der Waals surface area contributed by atoms with Crippen molar-refractivity contribution in [3.05, 3.63) is 12.2 Å². The Bertz CT molecular complexity index is 340. The van der Waals surface area contributed by atoms with Crippen molar-refractivity contribution in [2.45, 2.75) is 95.9 Å². The van der Waals surface area contributed by atoms with Crippen LogP contribution < -0.4 is 0 Å². The molecule has 4 heteroatoms. The summed E-state index contributed by atoms with van der Waals surface area (Å²) in [5.74, 6) is -0.108. The Kier molecular flexibility index (Phi) is 11.0. The summed E-state index contributed by atoms with van der Waals surface area (Å²) in [5, 5.41) is 9.82. The molecule has 3 atom stereocenters. The Balaban J connectivity index is 1.91. The summed E-state index contributed by atoms with van der Waals surface area (Å²) in [4.78, 5) is 11.0. The SMILES string of the molecule is CCCCC[C@H](O)/C=C/[C@@H]1O[C@@H]1CCCCCCCC(=O)OC. The van der Waals surface area contributed by atoms with E-state index in [4.69, 9.17) is 4.74 Å². The monoisotopic (exact) mass is 326 g/mol. The number of esters is 1. The number of epoxide rings is 1. The molecule has 1 N–H and O–H groups in total. The molecule has 0 unspecified atom stereocenters. The number of rotatable bonds is 14. The second kappa shape index (κ2) is 12.5. The molecule has 134 valence electrons.